The number of rotatable bonds is 51. The summed E-state index contributed by atoms with van der Waals surface area (Å²) in [6.07, 6.45) is 78.0. The highest BCUT2D eigenvalue weighted by molar-refractivity contribution is 5.71. The Morgan fingerprint density at radius 1 is 0.300 bits per heavy atom. The molecule has 0 N–H and O–H groups in total. The van der Waals surface area contributed by atoms with Gasteiger partial charge in [0.25, 0.3) is 0 Å². The Morgan fingerprint density at radius 3 is 0.957 bits per heavy atom. The summed E-state index contributed by atoms with van der Waals surface area (Å²) < 4.78 is 16.8. The summed E-state index contributed by atoms with van der Waals surface area (Å²) >= 11 is 0. The average Bonchev–Trinajstić information content (AvgIpc) is 3.36. The molecule has 0 aromatic carbocycles. The molecule has 398 valence electrons. The van der Waals surface area contributed by atoms with Crippen LogP contribution in [-0.4, -0.2) is 37.2 Å². The minimum Gasteiger partial charge on any atom is -0.462 e. The third-order valence-electron chi connectivity index (χ3n) is 12.0. The Bertz CT molecular complexity index is 1440. The van der Waals surface area contributed by atoms with Gasteiger partial charge >= 0.3 is 17.9 Å². The third-order valence-corrected chi connectivity index (χ3v) is 12.0. The molecule has 0 saturated carbocycles. The normalized spacial score (nSPS) is 12.9. The number of ether oxygens (including phenoxy) is 3. The molecule has 0 rings (SSSR count). The lowest BCUT2D eigenvalue weighted by Crippen LogP contribution is -2.30. The summed E-state index contributed by atoms with van der Waals surface area (Å²) in [6.45, 7) is 6.45. The smallest absolute Gasteiger partial charge is 0.306 e. The maximum atomic E-state index is 12.8. The second kappa shape index (κ2) is 57.6. The van der Waals surface area contributed by atoms with E-state index in [-0.39, 0.29) is 37.5 Å². The first kappa shape index (κ1) is 66.1. The van der Waals surface area contributed by atoms with Gasteiger partial charge in [-0.05, 0) is 122 Å². The van der Waals surface area contributed by atoms with Gasteiger partial charge in [-0.15, -0.1) is 0 Å². The van der Waals surface area contributed by atoms with Crippen LogP contribution in [-0.2, 0) is 28.6 Å². The Balaban J connectivity index is 4.49. The van der Waals surface area contributed by atoms with E-state index >= 15 is 0 Å². The van der Waals surface area contributed by atoms with E-state index < -0.39 is 6.10 Å². The summed E-state index contributed by atoms with van der Waals surface area (Å²) in [5.41, 5.74) is 0. The lowest BCUT2D eigenvalue weighted by Gasteiger charge is -2.18. The van der Waals surface area contributed by atoms with Gasteiger partial charge in [-0.1, -0.05) is 226 Å². The van der Waals surface area contributed by atoms with E-state index in [4.69, 9.17) is 14.2 Å². The summed E-state index contributed by atoms with van der Waals surface area (Å²) in [5, 5.41) is 0. The summed E-state index contributed by atoms with van der Waals surface area (Å²) in [5.74, 6) is -0.983. The van der Waals surface area contributed by atoms with Gasteiger partial charge in [-0.3, -0.25) is 14.4 Å². The molecule has 0 aromatic heterocycles. The highest BCUT2D eigenvalue weighted by Crippen LogP contribution is 2.14. The van der Waals surface area contributed by atoms with Crippen LogP contribution in [0.3, 0.4) is 0 Å². The predicted molar refractivity (Wildman–Crippen MR) is 302 cm³/mol. The molecule has 0 radical (unpaired) electrons. The van der Waals surface area contributed by atoms with Gasteiger partial charge in [0.15, 0.2) is 6.10 Å². The number of carbonyl (C=O) groups is 3. The summed E-state index contributed by atoms with van der Waals surface area (Å²) in [7, 11) is 0. The Hall–Kier alpha value is -3.93. The van der Waals surface area contributed by atoms with E-state index in [0.717, 1.165) is 116 Å². The van der Waals surface area contributed by atoms with Crippen LogP contribution in [0.2, 0.25) is 0 Å². The SMILES string of the molecule is CC/C=C\C/C=C\C/C=C\C/C=C\C/C=C\C/C=C\C/C=C\CCCC(=O)OCC(COC(=O)CCCCCCC/C=C\CCCCCC)OC(=O)CCCCCCC/C=C\CCCCCCCCC. The van der Waals surface area contributed by atoms with E-state index in [1.165, 1.54) is 96.3 Å². The van der Waals surface area contributed by atoms with Crippen molar-refractivity contribution in [3.63, 3.8) is 0 Å². The van der Waals surface area contributed by atoms with Crippen LogP contribution in [0.25, 0.3) is 0 Å². The first-order chi connectivity index (χ1) is 34.5. The van der Waals surface area contributed by atoms with Crippen molar-refractivity contribution < 1.29 is 28.6 Å². The minimum atomic E-state index is -0.811. The molecule has 0 spiro atoms. The summed E-state index contributed by atoms with van der Waals surface area (Å²) in [4.78, 5) is 38.1. The standard InChI is InChI=1S/C64H106O6/c1-4-7-10-13-16-19-22-25-27-29-30-31-32-33-34-35-37-39-42-45-48-51-54-57-63(66)69-60-61(59-68-62(65)56-53-50-47-44-41-38-24-21-18-15-12-9-6-3)70-64(67)58-55-52-49-46-43-40-36-28-26-23-20-17-14-11-8-5-2/h7,10,16,19,21,24-25,27-28,30-31,33-34,36-37,39,45,48,61H,4-6,8-9,11-15,17-18,20,22-23,26,29,32,35,38,40-44,46-47,49-60H2,1-3H3/b10-7-,19-16-,24-21-,27-25-,31-30-,34-33-,36-28-,39-37-,48-45-. The summed E-state index contributed by atoms with van der Waals surface area (Å²) in [6, 6.07) is 0. The van der Waals surface area contributed by atoms with Gasteiger partial charge in [0.2, 0.25) is 0 Å². The molecule has 0 saturated heterocycles. The van der Waals surface area contributed by atoms with Crippen LogP contribution >= 0.6 is 0 Å². The maximum Gasteiger partial charge on any atom is 0.306 e. The molecule has 1 atom stereocenters. The first-order valence-electron chi connectivity index (χ1n) is 28.9. The largest absolute Gasteiger partial charge is 0.462 e. The third kappa shape index (κ3) is 55.0. The molecule has 0 aliphatic heterocycles. The molecule has 0 bridgehead atoms. The van der Waals surface area contributed by atoms with Gasteiger partial charge in [-0.25, -0.2) is 0 Å². The van der Waals surface area contributed by atoms with Gasteiger partial charge in [0, 0.05) is 19.3 Å². The Kier molecular flexibility index (Phi) is 54.4. The van der Waals surface area contributed by atoms with E-state index in [1.807, 2.05) is 0 Å². The molecule has 0 fully saturated rings. The van der Waals surface area contributed by atoms with E-state index in [2.05, 4.69) is 130 Å². The van der Waals surface area contributed by atoms with Gasteiger partial charge < -0.3 is 14.2 Å². The highest BCUT2D eigenvalue weighted by Gasteiger charge is 2.19. The second-order valence-corrected chi connectivity index (χ2v) is 18.8. The molecule has 0 heterocycles. The lowest BCUT2D eigenvalue weighted by molar-refractivity contribution is -0.167. The van der Waals surface area contributed by atoms with Crippen molar-refractivity contribution in [1.29, 1.82) is 0 Å². The van der Waals surface area contributed by atoms with Crippen LogP contribution in [0.4, 0.5) is 0 Å². The van der Waals surface area contributed by atoms with E-state index in [1.54, 1.807) is 0 Å². The van der Waals surface area contributed by atoms with Crippen LogP contribution in [0.1, 0.15) is 258 Å². The predicted octanol–water partition coefficient (Wildman–Crippen LogP) is 19.5. The molecule has 6 nitrogen and oxygen atoms in total. The molecule has 0 aromatic rings. The molecule has 1 unspecified atom stereocenters. The molecule has 0 aliphatic rings. The van der Waals surface area contributed by atoms with Crippen LogP contribution < -0.4 is 0 Å². The van der Waals surface area contributed by atoms with Gasteiger partial charge in [-0.2, -0.15) is 0 Å². The van der Waals surface area contributed by atoms with Crippen molar-refractivity contribution in [3.8, 4) is 0 Å². The quantitative estimate of drug-likeness (QED) is 0.0262. The van der Waals surface area contributed by atoms with Crippen molar-refractivity contribution in [2.24, 2.45) is 0 Å². The molecular weight excluding hydrogens is 865 g/mol. The van der Waals surface area contributed by atoms with E-state index in [9.17, 15) is 14.4 Å². The first-order valence-corrected chi connectivity index (χ1v) is 28.9. The average molecular weight is 972 g/mol. The number of hydrogen-bond donors (Lipinski definition) is 0. The number of carbonyl (C=O) groups excluding carboxylic acids is 3. The fourth-order valence-electron chi connectivity index (χ4n) is 7.66. The minimum absolute atomic E-state index is 0.105. The topological polar surface area (TPSA) is 78.9 Å². The highest BCUT2D eigenvalue weighted by atomic mass is 16.6. The maximum absolute atomic E-state index is 12.8. The number of hydrogen-bond acceptors (Lipinski definition) is 6. The molecule has 70 heavy (non-hydrogen) atoms. The van der Waals surface area contributed by atoms with Gasteiger partial charge in [0.05, 0.1) is 0 Å². The van der Waals surface area contributed by atoms with Crippen LogP contribution in [0.5, 0.6) is 0 Å². The number of unbranched alkanes of at least 4 members (excludes halogenated alkanes) is 22. The van der Waals surface area contributed by atoms with Gasteiger partial charge in [0.1, 0.15) is 13.2 Å². The zero-order chi connectivity index (χ0) is 50.7. The van der Waals surface area contributed by atoms with Crippen molar-refractivity contribution in [1.82, 2.24) is 0 Å². The molecule has 0 amide bonds. The Morgan fingerprint density at radius 2 is 0.571 bits per heavy atom. The number of esters is 3. The fraction of sp³-hybridized carbons (Fsp3) is 0.672. The van der Waals surface area contributed by atoms with Crippen LogP contribution in [0, 0.1) is 0 Å². The Labute approximate surface area is 431 Å². The van der Waals surface area contributed by atoms with E-state index in [0.29, 0.717) is 19.3 Å². The zero-order valence-corrected chi connectivity index (χ0v) is 45.5. The van der Waals surface area contributed by atoms with Crippen molar-refractivity contribution in [2.75, 3.05) is 13.2 Å². The van der Waals surface area contributed by atoms with Crippen LogP contribution in [0.15, 0.2) is 109 Å². The molecule has 6 heteroatoms. The monoisotopic (exact) mass is 971 g/mol. The molecular formula is C64H106O6. The fourth-order valence-corrected chi connectivity index (χ4v) is 7.66. The second-order valence-electron chi connectivity index (χ2n) is 18.8. The lowest BCUT2D eigenvalue weighted by atomic mass is 10.1. The molecule has 0 aliphatic carbocycles. The van der Waals surface area contributed by atoms with Crippen molar-refractivity contribution in [3.05, 3.63) is 109 Å². The van der Waals surface area contributed by atoms with Crippen molar-refractivity contribution in [2.45, 2.75) is 264 Å². The number of allylic oxidation sites excluding steroid dienone is 18. The van der Waals surface area contributed by atoms with Crippen molar-refractivity contribution >= 4 is 17.9 Å². The zero-order valence-electron chi connectivity index (χ0n) is 45.5.